The molecule has 0 aliphatic heterocycles. The minimum absolute atomic E-state index is 0.345. The maximum absolute atomic E-state index is 12.7. The lowest BCUT2D eigenvalue weighted by Crippen LogP contribution is -2.37. The van der Waals surface area contributed by atoms with Crippen molar-refractivity contribution in [3.05, 3.63) is 65.2 Å². The summed E-state index contributed by atoms with van der Waals surface area (Å²) in [6.07, 6.45) is -3.66. The first kappa shape index (κ1) is 20.8. The van der Waals surface area contributed by atoms with Crippen molar-refractivity contribution in [3.8, 4) is 5.75 Å². The third-order valence-electron chi connectivity index (χ3n) is 3.99. The minimum Gasteiger partial charge on any atom is -0.478 e. The molecule has 0 saturated carbocycles. The summed E-state index contributed by atoms with van der Waals surface area (Å²) in [5.74, 6) is -0.589. The average molecular weight is 381 g/mol. The van der Waals surface area contributed by atoms with Crippen LogP contribution in [0.2, 0.25) is 0 Å². The fourth-order valence-electron chi connectivity index (χ4n) is 2.39. The second-order valence-corrected chi connectivity index (χ2v) is 6.69. The average Bonchev–Trinajstić information content (AvgIpc) is 2.59. The second-order valence-electron chi connectivity index (χ2n) is 6.69. The zero-order valence-corrected chi connectivity index (χ0v) is 15.1. The molecule has 0 bridgehead atoms. The van der Waals surface area contributed by atoms with Gasteiger partial charge < -0.3 is 15.2 Å². The summed E-state index contributed by atoms with van der Waals surface area (Å²) in [4.78, 5) is 11.1. The van der Waals surface area contributed by atoms with Crippen molar-refractivity contribution in [1.29, 1.82) is 0 Å². The number of benzene rings is 2. The number of rotatable bonds is 8. The van der Waals surface area contributed by atoms with Gasteiger partial charge in [0.15, 0.2) is 5.60 Å². The van der Waals surface area contributed by atoms with Crippen LogP contribution in [0.3, 0.4) is 0 Å². The van der Waals surface area contributed by atoms with Crippen LogP contribution in [0.25, 0.3) is 0 Å². The van der Waals surface area contributed by atoms with Gasteiger partial charge in [-0.05, 0) is 56.1 Å². The maximum Gasteiger partial charge on any atom is 0.416 e. The molecule has 0 unspecified atom stereocenters. The largest absolute Gasteiger partial charge is 0.478 e. The SMILES string of the molecule is CC(C)(Oc1ccc(CCNCc2cccc(C(F)(F)F)c2)cc1)C(=O)O. The highest BCUT2D eigenvalue weighted by Crippen LogP contribution is 2.29. The van der Waals surface area contributed by atoms with Gasteiger partial charge >= 0.3 is 12.1 Å². The highest BCUT2D eigenvalue weighted by molar-refractivity contribution is 5.76. The molecule has 0 saturated heterocycles. The van der Waals surface area contributed by atoms with E-state index in [0.29, 0.717) is 30.8 Å². The van der Waals surface area contributed by atoms with Gasteiger partial charge in [0.2, 0.25) is 0 Å². The number of alkyl halides is 3. The van der Waals surface area contributed by atoms with E-state index in [1.165, 1.54) is 19.9 Å². The summed E-state index contributed by atoms with van der Waals surface area (Å²) >= 11 is 0. The molecule has 0 aliphatic rings. The predicted molar refractivity (Wildman–Crippen MR) is 95.6 cm³/mol. The number of carboxylic acids is 1. The van der Waals surface area contributed by atoms with Crippen LogP contribution in [0.15, 0.2) is 48.5 Å². The lowest BCUT2D eigenvalue weighted by molar-refractivity contribution is -0.152. The Morgan fingerprint density at radius 1 is 1.07 bits per heavy atom. The maximum atomic E-state index is 12.7. The van der Waals surface area contributed by atoms with Crippen LogP contribution in [0.4, 0.5) is 13.2 Å². The van der Waals surface area contributed by atoms with Gasteiger partial charge in [-0.1, -0.05) is 30.3 Å². The van der Waals surface area contributed by atoms with Gasteiger partial charge in [-0.25, -0.2) is 4.79 Å². The second kappa shape index (κ2) is 8.43. The van der Waals surface area contributed by atoms with Crippen LogP contribution in [0.5, 0.6) is 5.75 Å². The number of carboxylic acid groups (broad SMARTS) is 1. The van der Waals surface area contributed by atoms with E-state index >= 15 is 0 Å². The van der Waals surface area contributed by atoms with E-state index in [1.54, 1.807) is 18.2 Å². The van der Waals surface area contributed by atoms with Crippen molar-refractivity contribution >= 4 is 5.97 Å². The van der Waals surface area contributed by atoms with Gasteiger partial charge in [0.1, 0.15) is 5.75 Å². The smallest absolute Gasteiger partial charge is 0.416 e. The summed E-state index contributed by atoms with van der Waals surface area (Å²) in [5, 5.41) is 12.2. The summed E-state index contributed by atoms with van der Waals surface area (Å²) in [7, 11) is 0. The molecule has 2 aromatic rings. The molecule has 0 aliphatic carbocycles. The Kier molecular flexibility index (Phi) is 6.49. The normalized spacial score (nSPS) is 12.0. The molecule has 146 valence electrons. The minimum atomic E-state index is -4.34. The Labute approximate surface area is 156 Å². The number of aliphatic carboxylic acids is 1. The fraction of sp³-hybridized carbons (Fsp3) is 0.350. The summed E-state index contributed by atoms with van der Waals surface area (Å²) in [5.41, 5.74) is -0.383. The molecular weight excluding hydrogens is 359 g/mol. The first-order chi connectivity index (χ1) is 12.6. The molecule has 0 spiro atoms. The Bertz CT molecular complexity index is 771. The van der Waals surface area contributed by atoms with Gasteiger partial charge in [-0.15, -0.1) is 0 Å². The van der Waals surface area contributed by atoms with E-state index in [0.717, 1.165) is 17.7 Å². The Morgan fingerprint density at radius 3 is 2.33 bits per heavy atom. The quantitative estimate of drug-likeness (QED) is 0.670. The molecule has 7 heteroatoms. The molecule has 4 nitrogen and oxygen atoms in total. The Balaban J connectivity index is 1.82. The number of hydrogen-bond donors (Lipinski definition) is 2. The summed E-state index contributed by atoms with van der Waals surface area (Å²) in [6.45, 7) is 3.89. The highest BCUT2D eigenvalue weighted by Gasteiger charge is 2.30. The van der Waals surface area contributed by atoms with Crippen molar-refractivity contribution < 1.29 is 27.8 Å². The van der Waals surface area contributed by atoms with Crippen molar-refractivity contribution in [2.75, 3.05) is 6.54 Å². The molecule has 0 amide bonds. The number of nitrogens with one attached hydrogen (secondary N) is 1. The molecule has 2 aromatic carbocycles. The highest BCUT2D eigenvalue weighted by atomic mass is 19.4. The summed E-state index contributed by atoms with van der Waals surface area (Å²) in [6, 6.07) is 12.3. The zero-order valence-electron chi connectivity index (χ0n) is 15.1. The van der Waals surface area contributed by atoms with E-state index < -0.39 is 23.3 Å². The van der Waals surface area contributed by atoms with Gasteiger partial charge in [-0.3, -0.25) is 0 Å². The molecular formula is C20H22F3NO3. The van der Waals surface area contributed by atoms with Crippen molar-refractivity contribution in [1.82, 2.24) is 5.32 Å². The topological polar surface area (TPSA) is 58.6 Å². The standard InChI is InChI=1S/C20H22F3NO3/c1-19(2,18(25)26)27-17-8-6-14(7-9-17)10-11-24-13-15-4-3-5-16(12-15)20(21,22)23/h3-9,12,24H,10-11,13H2,1-2H3,(H,25,26). The molecule has 0 radical (unpaired) electrons. The molecule has 0 atom stereocenters. The van der Waals surface area contributed by atoms with Crippen LogP contribution in [0, 0.1) is 0 Å². The van der Waals surface area contributed by atoms with Crippen LogP contribution in [0.1, 0.15) is 30.5 Å². The first-order valence-corrected chi connectivity index (χ1v) is 8.46. The lowest BCUT2D eigenvalue weighted by Gasteiger charge is -2.21. The van der Waals surface area contributed by atoms with Crippen LogP contribution in [-0.2, 0) is 23.9 Å². The monoisotopic (exact) mass is 381 g/mol. The number of ether oxygens (including phenoxy) is 1. The van der Waals surface area contributed by atoms with Crippen LogP contribution >= 0.6 is 0 Å². The van der Waals surface area contributed by atoms with Crippen molar-refractivity contribution in [2.45, 2.75) is 38.6 Å². The molecule has 27 heavy (non-hydrogen) atoms. The molecule has 2 rings (SSSR count). The van der Waals surface area contributed by atoms with E-state index in [2.05, 4.69) is 5.32 Å². The zero-order chi connectivity index (χ0) is 20.1. The van der Waals surface area contributed by atoms with Crippen LogP contribution < -0.4 is 10.1 Å². The number of hydrogen-bond acceptors (Lipinski definition) is 3. The van der Waals surface area contributed by atoms with Crippen molar-refractivity contribution in [3.63, 3.8) is 0 Å². The Morgan fingerprint density at radius 2 is 1.74 bits per heavy atom. The fourth-order valence-corrected chi connectivity index (χ4v) is 2.39. The van der Waals surface area contributed by atoms with E-state index in [9.17, 15) is 18.0 Å². The number of carbonyl (C=O) groups is 1. The van der Waals surface area contributed by atoms with Gasteiger partial charge in [0.05, 0.1) is 5.56 Å². The Hall–Kier alpha value is -2.54. The first-order valence-electron chi connectivity index (χ1n) is 8.46. The summed E-state index contributed by atoms with van der Waals surface area (Å²) < 4.78 is 43.5. The van der Waals surface area contributed by atoms with E-state index in [-0.39, 0.29) is 0 Å². The van der Waals surface area contributed by atoms with Crippen LogP contribution in [-0.4, -0.2) is 23.2 Å². The van der Waals surface area contributed by atoms with E-state index in [1.807, 2.05) is 12.1 Å². The predicted octanol–water partition coefficient (Wildman–Crippen LogP) is 4.28. The molecule has 0 fully saturated rings. The molecule has 0 heterocycles. The van der Waals surface area contributed by atoms with Gasteiger partial charge in [0, 0.05) is 6.54 Å². The van der Waals surface area contributed by atoms with E-state index in [4.69, 9.17) is 9.84 Å². The van der Waals surface area contributed by atoms with Gasteiger partial charge in [0.25, 0.3) is 0 Å². The molecule has 0 aromatic heterocycles. The van der Waals surface area contributed by atoms with Crippen molar-refractivity contribution in [2.24, 2.45) is 0 Å². The third-order valence-corrected chi connectivity index (χ3v) is 3.99. The molecule has 2 N–H and O–H groups in total. The number of halogens is 3. The van der Waals surface area contributed by atoms with Gasteiger partial charge in [-0.2, -0.15) is 13.2 Å². The third kappa shape index (κ3) is 6.29. The lowest BCUT2D eigenvalue weighted by atomic mass is 10.1.